The molecule has 24 heavy (non-hydrogen) atoms. The molecule has 2 N–H and O–H groups in total. The van der Waals surface area contributed by atoms with Gasteiger partial charge in [0, 0.05) is 31.8 Å². The van der Waals surface area contributed by atoms with Crippen molar-refractivity contribution in [1.29, 1.82) is 0 Å². The number of nitrogens with one attached hydrogen (secondary N) is 2. The van der Waals surface area contributed by atoms with Crippen molar-refractivity contribution in [3.63, 3.8) is 0 Å². The Kier molecular flexibility index (Phi) is 4.41. The van der Waals surface area contributed by atoms with Crippen molar-refractivity contribution in [3.8, 4) is 0 Å². The quantitative estimate of drug-likeness (QED) is 0.826. The molecule has 2 aliphatic carbocycles. The van der Waals surface area contributed by atoms with Gasteiger partial charge in [-0.3, -0.25) is 4.79 Å². The van der Waals surface area contributed by atoms with Gasteiger partial charge in [0.05, 0.1) is 0 Å². The van der Waals surface area contributed by atoms with E-state index in [9.17, 15) is 9.59 Å². The number of urea groups is 1. The predicted octanol–water partition coefficient (Wildman–Crippen LogP) is 1.79. The highest BCUT2D eigenvalue weighted by Crippen LogP contribution is 2.46. The molecular formula is C18H29N3O3. The minimum atomic E-state index is -0.280. The Balaban J connectivity index is 1.38. The minimum absolute atomic E-state index is 0.0392. The van der Waals surface area contributed by atoms with Gasteiger partial charge < -0.3 is 20.3 Å². The predicted molar refractivity (Wildman–Crippen MR) is 89.5 cm³/mol. The molecule has 0 unspecified atom stereocenters. The average molecular weight is 335 g/mol. The molecule has 0 aromatic carbocycles. The van der Waals surface area contributed by atoms with E-state index in [0.29, 0.717) is 12.6 Å². The number of carbonyl (C=O) groups is 2. The van der Waals surface area contributed by atoms with E-state index in [1.807, 2.05) is 0 Å². The van der Waals surface area contributed by atoms with Crippen LogP contribution in [0.3, 0.4) is 0 Å². The second-order valence-corrected chi connectivity index (χ2v) is 8.00. The second kappa shape index (κ2) is 6.54. The van der Waals surface area contributed by atoms with Crippen LogP contribution in [0.1, 0.15) is 57.8 Å². The van der Waals surface area contributed by atoms with E-state index >= 15 is 0 Å². The Morgan fingerprint density at radius 1 is 0.958 bits per heavy atom. The van der Waals surface area contributed by atoms with Gasteiger partial charge in [0.15, 0.2) is 0 Å². The Labute approximate surface area is 143 Å². The minimum Gasteiger partial charge on any atom is -0.381 e. The lowest BCUT2D eigenvalue weighted by atomic mass is 9.75. The maximum Gasteiger partial charge on any atom is 0.318 e. The van der Waals surface area contributed by atoms with Crippen molar-refractivity contribution in [2.24, 2.45) is 5.41 Å². The van der Waals surface area contributed by atoms with Gasteiger partial charge in [0.1, 0.15) is 6.04 Å². The summed E-state index contributed by atoms with van der Waals surface area (Å²) in [5.74, 6) is 0.0392. The van der Waals surface area contributed by atoms with Crippen molar-refractivity contribution in [3.05, 3.63) is 0 Å². The molecule has 2 aliphatic heterocycles. The molecule has 1 spiro atoms. The monoisotopic (exact) mass is 335 g/mol. The molecule has 0 radical (unpaired) electrons. The Hall–Kier alpha value is -1.30. The fourth-order valence-electron chi connectivity index (χ4n) is 4.78. The smallest absolute Gasteiger partial charge is 0.318 e. The molecule has 2 atom stereocenters. The Morgan fingerprint density at radius 3 is 2.50 bits per heavy atom. The first-order chi connectivity index (χ1) is 11.7. The molecule has 0 aromatic heterocycles. The lowest BCUT2D eigenvalue weighted by Gasteiger charge is -2.40. The molecule has 4 rings (SSSR count). The number of rotatable bonds is 3. The van der Waals surface area contributed by atoms with Crippen molar-refractivity contribution >= 4 is 11.9 Å². The van der Waals surface area contributed by atoms with Gasteiger partial charge in [-0.05, 0) is 56.8 Å². The maximum atomic E-state index is 12.8. The van der Waals surface area contributed by atoms with Crippen molar-refractivity contribution in [1.82, 2.24) is 15.5 Å². The van der Waals surface area contributed by atoms with E-state index in [1.54, 1.807) is 4.90 Å². The van der Waals surface area contributed by atoms with Crippen LogP contribution < -0.4 is 10.6 Å². The Morgan fingerprint density at radius 2 is 1.75 bits per heavy atom. The topological polar surface area (TPSA) is 70.7 Å². The maximum absolute atomic E-state index is 12.8. The summed E-state index contributed by atoms with van der Waals surface area (Å²) in [5.41, 5.74) is 0.222. The van der Waals surface area contributed by atoms with Gasteiger partial charge in [-0.15, -0.1) is 0 Å². The normalized spacial score (nSPS) is 32.1. The van der Waals surface area contributed by atoms with E-state index in [1.165, 1.54) is 12.8 Å². The van der Waals surface area contributed by atoms with Crippen LogP contribution in [0.5, 0.6) is 0 Å². The third-order valence-corrected chi connectivity index (χ3v) is 6.43. The molecule has 2 heterocycles. The highest BCUT2D eigenvalue weighted by molar-refractivity contribution is 5.88. The van der Waals surface area contributed by atoms with Crippen LogP contribution >= 0.6 is 0 Å². The molecule has 134 valence electrons. The summed E-state index contributed by atoms with van der Waals surface area (Å²) in [6.07, 6.45) is 9.37. The van der Waals surface area contributed by atoms with E-state index in [2.05, 4.69) is 10.6 Å². The fourth-order valence-corrected chi connectivity index (χ4v) is 4.78. The standard InChI is InChI=1S/C18H29N3O3/c22-16(19-13-5-6-13)14-3-2-10-21(14)17(23)20-15-4-1-7-18(15)8-11-24-12-9-18/h13-15H,1-12H2,(H,19,22)(H,20,23)/t14-,15-/m0/s1. The molecule has 4 aliphatic rings. The summed E-state index contributed by atoms with van der Waals surface area (Å²) >= 11 is 0. The van der Waals surface area contributed by atoms with Crippen LogP contribution in [-0.4, -0.2) is 54.7 Å². The van der Waals surface area contributed by atoms with Crippen LogP contribution in [0.25, 0.3) is 0 Å². The molecule has 0 bridgehead atoms. The largest absolute Gasteiger partial charge is 0.381 e. The van der Waals surface area contributed by atoms with Crippen molar-refractivity contribution in [2.75, 3.05) is 19.8 Å². The van der Waals surface area contributed by atoms with Crippen LogP contribution in [-0.2, 0) is 9.53 Å². The number of nitrogens with zero attached hydrogens (tertiary/aromatic N) is 1. The summed E-state index contributed by atoms with van der Waals surface area (Å²) in [6, 6.07) is 0.267. The lowest BCUT2D eigenvalue weighted by Crippen LogP contribution is -2.54. The number of likely N-dealkylation sites (tertiary alicyclic amines) is 1. The van der Waals surface area contributed by atoms with Crippen LogP contribution in [0.15, 0.2) is 0 Å². The van der Waals surface area contributed by atoms with Gasteiger partial charge >= 0.3 is 6.03 Å². The molecule has 3 amide bonds. The molecule has 6 heteroatoms. The summed E-state index contributed by atoms with van der Waals surface area (Å²) in [7, 11) is 0. The van der Waals surface area contributed by atoms with Gasteiger partial charge in [-0.1, -0.05) is 6.42 Å². The van der Waals surface area contributed by atoms with Gasteiger partial charge in [0.25, 0.3) is 0 Å². The molecule has 2 saturated carbocycles. The Bertz CT molecular complexity index is 500. The average Bonchev–Trinajstić information content (AvgIpc) is 3.12. The molecule has 0 aromatic rings. The van der Waals surface area contributed by atoms with E-state index in [4.69, 9.17) is 4.74 Å². The number of amides is 3. The highest BCUT2D eigenvalue weighted by Gasteiger charge is 2.46. The van der Waals surface area contributed by atoms with Crippen LogP contribution in [0.4, 0.5) is 4.79 Å². The van der Waals surface area contributed by atoms with Crippen LogP contribution in [0, 0.1) is 5.41 Å². The molecule has 2 saturated heterocycles. The zero-order chi connectivity index (χ0) is 16.6. The van der Waals surface area contributed by atoms with Crippen molar-refractivity contribution in [2.45, 2.75) is 75.9 Å². The van der Waals surface area contributed by atoms with Gasteiger partial charge in [-0.2, -0.15) is 0 Å². The number of hydrogen-bond acceptors (Lipinski definition) is 3. The SMILES string of the molecule is O=C(NC1CC1)[C@@H]1CCCN1C(=O)N[C@H]1CCCC12CCOCC2. The van der Waals surface area contributed by atoms with E-state index < -0.39 is 0 Å². The fraction of sp³-hybridized carbons (Fsp3) is 0.889. The molecule has 6 nitrogen and oxygen atoms in total. The molecular weight excluding hydrogens is 306 g/mol. The number of ether oxygens (including phenoxy) is 1. The summed E-state index contributed by atoms with van der Waals surface area (Å²) in [6.45, 7) is 2.31. The van der Waals surface area contributed by atoms with E-state index in [-0.39, 0.29) is 29.4 Å². The molecule has 4 fully saturated rings. The summed E-state index contributed by atoms with van der Waals surface area (Å²) in [4.78, 5) is 27.0. The first-order valence-electron chi connectivity index (χ1n) is 9.63. The van der Waals surface area contributed by atoms with Crippen LogP contribution in [0.2, 0.25) is 0 Å². The second-order valence-electron chi connectivity index (χ2n) is 8.00. The highest BCUT2D eigenvalue weighted by atomic mass is 16.5. The lowest BCUT2D eigenvalue weighted by molar-refractivity contribution is -0.124. The first-order valence-corrected chi connectivity index (χ1v) is 9.63. The number of carbonyl (C=O) groups excluding carboxylic acids is 2. The summed E-state index contributed by atoms with van der Waals surface area (Å²) in [5, 5.41) is 6.34. The zero-order valence-corrected chi connectivity index (χ0v) is 14.4. The summed E-state index contributed by atoms with van der Waals surface area (Å²) < 4.78 is 5.52. The third kappa shape index (κ3) is 3.13. The van der Waals surface area contributed by atoms with Gasteiger partial charge in [0.2, 0.25) is 5.91 Å². The first kappa shape index (κ1) is 16.2. The van der Waals surface area contributed by atoms with E-state index in [0.717, 1.165) is 58.2 Å². The zero-order valence-electron chi connectivity index (χ0n) is 14.4. The van der Waals surface area contributed by atoms with Gasteiger partial charge in [-0.25, -0.2) is 4.79 Å². The third-order valence-electron chi connectivity index (χ3n) is 6.43. The van der Waals surface area contributed by atoms with Crippen molar-refractivity contribution < 1.29 is 14.3 Å². The number of hydrogen-bond donors (Lipinski definition) is 2.